The Hall–Kier alpha value is -1.68. The molecule has 0 unspecified atom stereocenters. The Morgan fingerprint density at radius 1 is 1.35 bits per heavy atom. The number of rotatable bonds is 5. The van der Waals surface area contributed by atoms with Gasteiger partial charge < -0.3 is 9.73 Å². The lowest BCUT2D eigenvalue weighted by molar-refractivity contribution is 0.450. The highest BCUT2D eigenvalue weighted by atomic mass is 16.4. The average Bonchev–Trinajstić information content (AvgIpc) is 2.66. The highest BCUT2D eigenvalue weighted by Gasteiger charge is 2.04. The minimum Gasteiger partial charge on any atom is -0.444 e. The second-order valence-electron chi connectivity index (χ2n) is 4.04. The number of hydrogen-bond acceptors (Lipinski definition) is 4. The molecule has 0 radical (unpaired) electrons. The first-order valence-electron chi connectivity index (χ1n) is 5.78. The topological polar surface area (TPSA) is 51.0 Å². The maximum atomic E-state index is 5.48. The van der Waals surface area contributed by atoms with Gasteiger partial charge in [0.05, 0.1) is 12.2 Å². The van der Waals surface area contributed by atoms with E-state index in [4.69, 9.17) is 4.42 Å². The molecule has 4 heteroatoms. The lowest BCUT2D eigenvalue weighted by Gasteiger charge is -2.01. The number of oxazole rings is 1. The monoisotopic (exact) mass is 231 g/mol. The van der Waals surface area contributed by atoms with E-state index in [2.05, 4.69) is 21.4 Å². The normalized spacial score (nSPS) is 10.7. The smallest absolute Gasteiger partial charge is 0.208 e. The number of hydrogen-bond donors (Lipinski definition) is 1. The van der Waals surface area contributed by atoms with Crippen LogP contribution in [0, 0.1) is 13.8 Å². The summed E-state index contributed by atoms with van der Waals surface area (Å²) in [6, 6.07) is 4.03. The Bertz CT molecular complexity index is 445. The van der Waals surface area contributed by atoms with Gasteiger partial charge in [-0.25, -0.2) is 4.98 Å². The first-order valence-corrected chi connectivity index (χ1v) is 5.78. The van der Waals surface area contributed by atoms with Gasteiger partial charge in [-0.3, -0.25) is 4.98 Å². The van der Waals surface area contributed by atoms with Crippen molar-refractivity contribution in [3.05, 3.63) is 47.4 Å². The van der Waals surface area contributed by atoms with Gasteiger partial charge >= 0.3 is 0 Å². The zero-order chi connectivity index (χ0) is 12.1. The Labute approximate surface area is 101 Å². The third-order valence-electron chi connectivity index (χ3n) is 2.66. The molecule has 2 aromatic heterocycles. The standard InChI is InChI=1S/C13H17N3O/c1-10-11(2)17-13(16-10)9-15-7-5-12-4-3-6-14-8-12/h3-4,6,8,15H,5,7,9H2,1-2H3. The van der Waals surface area contributed by atoms with Crippen molar-refractivity contribution in [1.82, 2.24) is 15.3 Å². The van der Waals surface area contributed by atoms with Crippen LogP contribution in [0.4, 0.5) is 0 Å². The fourth-order valence-corrected chi connectivity index (χ4v) is 1.59. The summed E-state index contributed by atoms with van der Waals surface area (Å²) in [7, 11) is 0. The molecular weight excluding hydrogens is 214 g/mol. The van der Waals surface area contributed by atoms with Crippen LogP contribution in [0.25, 0.3) is 0 Å². The first-order chi connectivity index (χ1) is 8.25. The molecule has 0 bridgehead atoms. The van der Waals surface area contributed by atoms with Crippen molar-refractivity contribution >= 4 is 0 Å². The van der Waals surface area contributed by atoms with Gasteiger partial charge in [0, 0.05) is 12.4 Å². The molecule has 17 heavy (non-hydrogen) atoms. The third kappa shape index (κ3) is 3.39. The van der Waals surface area contributed by atoms with E-state index in [0.717, 1.165) is 30.3 Å². The van der Waals surface area contributed by atoms with Crippen LogP contribution in [0.15, 0.2) is 28.9 Å². The molecule has 0 aliphatic carbocycles. The summed E-state index contributed by atoms with van der Waals surface area (Å²) in [6.07, 6.45) is 4.64. The van der Waals surface area contributed by atoms with Gasteiger partial charge in [0.25, 0.3) is 0 Å². The van der Waals surface area contributed by atoms with Crippen LogP contribution in [-0.4, -0.2) is 16.5 Å². The summed E-state index contributed by atoms with van der Waals surface area (Å²) >= 11 is 0. The molecule has 90 valence electrons. The van der Waals surface area contributed by atoms with Gasteiger partial charge in [0.1, 0.15) is 5.76 Å². The van der Waals surface area contributed by atoms with Crippen LogP contribution in [0.2, 0.25) is 0 Å². The van der Waals surface area contributed by atoms with E-state index < -0.39 is 0 Å². The molecule has 0 fully saturated rings. The zero-order valence-corrected chi connectivity index (χ0v) is 10.2. The largest absolute Gasteiger partial charge is 0.444 e. The molecule has 2 heterocycles. The molecule has 1 N–H and O–H groups in total. The maximum absolute atomic E-state index is 5.48. The van der Waals surface area contributed by atoms with Crippen LogP contribution in [0.1, 0.15) is 22.9 Å². The van der Waals surface area contributed by atoms with Crippen molar-refractivity contribution in [2.45, 2.75) is 26.8 Å². The minimum atomic E-state index is 0.676. The van der Waals surface area contributed by atoms with E-state index >= 15 is 0 Å². The summed E-state index contributed by atoms with van der Waals surface area (Å²) in [5.41, 5.74) is 2.20. The highest BCUT2D eigenvalue weighted by Crippen LogP contribution is 2.07. The van der Waals surface area contributed by atoms with Crippen LogP contribution >= 0.6 is 0 Å². The van der Waals surface area contributed by atoms with E-state index in [-0.39, 0.29) is 0 Å². The summed E-state index contributed by atoms with van der Waals surface area (Å²) in [5, 5.41) is 3.31. The summed E-state index contributed by atoms with van der Waals surface area (Å²) in [5.74, 6) is 1.65. The van der Waals surface area contributed by atoms with Gasteiger partial charge in [0.2, 0.25) is 5.89 Å². The Kier molecular flexibility index (Phi) is 3.88. The van der Waals surface area contributed by atoms with Crippen molar-refractivity contribution in [1.29, 1.82) is 0 Å². The molecule has 0 amide bonds. The van der Waals surface area contributed by atoms with Gasteiger partial charge in [-0.05, 0) is 38.4 Å². The lowest BCUT2D eigenvalue weighted by atomic mass is 10.2. The van der Waals surface area contributed by atoms with Gasteiger partial charge in [-0.15, -0.1) is 0 Å². The average molecular weight is 231 g/mol. The molecule has 0 aliphatic rings. The molecule has 0 atom stereocenters. The van der Waals surface area contributed by atoms with Crippen molar-refractivity contribution in [2.24, 2.45) is 0 Å². The number of nitrogens with zero attached hydrogens (tertiary/aromatic N) is 2. The quantitative estimate of drug-likeness (QED) is 0.800. The number of aryl methyl sites for hydroxylation is 2. The lowest BCUT2D eigenvalue weighted by Crippen LogP contribution is -2.16. The maximum Gasteiger partial charge on any atom is 0.208 e. The van der Waals surface area contributed by atoms with Gasteiger partial charge in [-0.1, -0.05) is 6.07 Å². The Morgan fingerprint density at radius 3 is 2.88 bits per heavy atom. The molecule has 0 saturated carbocycles. The zero-order valence-electron chi connectivity index (χ0n) is 10.2. The predicted octanol–water partition coefficient (Wildman–Crippen LogP) is 2.02. The van der Waals surface area contributed by atoms with E-state index in [1.54, 1.807) is 6.20 Å². The molecule has 0 saturated heterocycles. The third-order valence-corrected chi connectivity index (χ3v) is 2.66. The SMILES string of the molecule is Cc1nc(CNCCc2cccnc2)oc1C. The molecule has 0 aromatic carbocycles. The molecule has 4 nitrogen and oxygen atoms in total. The van der Waals surface area contributed by atoms with Crippen molar-refractivity contribution in [3.8, 4) is 0 Å². The van der Waals surface area contributed by atoms with Crippen molar-refractivity contribution in [2.75, 3.05) is 6.54 Å². The summed E-state index contributed by atoms with van der Waals surface area (Å²) in [4.78, 5) is 8.39. The van der Waals surface area contributed by atoms with E-state index in [9.17, 15) is 0 Å². The summed E-state index contributed by atoms with van der Waals surface area (Å²) < 4.78 is 5.48. The number of aromatic nitrogens is 2. The second-order valence-corrected chi connectivity index (χ2v) is 4.04. The van der Waals surface area contributed by atoms with Crippen molar-refractivity contribution in [3.63, 3.8) is 0 Å². The van der Waals surface area contributed by atoms with Crippen LogP contribution in [0.3, 0.4) is 0 Å². The fraction of sp³-hybridized carbons (Fsp3) is 0.385. The van der Waals surface area contributed by atoms with Crippen LogP contribution in [-0.2, 0) is 13.0 Å². The van der Waals surface area contributed by atoms with Crippen molar-refractivity contribution < 1.29 is 4.42 Å². The number of pyridine rings is 1. The predicted molar refractivity (Wildman–Crippen MR) is 65.6 cm³/mol. The Balaban J connectivity index is 1.73. The molecule has 2 rings (SSSR count). The molecule has 2 aromatic rings. The van der Waals surface area contributed by atoms with E-state index in [1.807, 2.05) is 26.1 Å². The van der Waals surface area contributed by atoms with Gasteiger partial charge in [-0.2, -0.15) is 0 Å². The molecule has 0 aliphatic heterocycles. The highest BCUT2D eigenvalue weighted by molar-refractivity contribution is 5.09. The summed E-state index contributed by atoms with van der Waals surface area (Å²) in [6.45, 7) is 5.46. The van der Waals surface area contributed by atoms with Gasteiger partial charge in [0.15, 0.2) is 0 Å². The van der Waals surface area contributed by atoms with Crippen LogP contribution < -0.4 is 5.32 Å². The minimum absolute atomic E-state index is 0.676. The molecule has 0 spiro atoms. The van der Waals surface area contributed by atoms with E-state index in [1.165, 1.54) is 5.56 Å². The Morgan fingerprint density at radius 2 is 2.24 bits per heavy atom. The number of nitrogens with one attached hydrogen (secondary N) is 1. The van der Waals surface area contributed by atoms with E-state index in [0.29, 0.717) is 6.54 Å². The van der Waals surface area contributed by atoms with Crippen LogP contribution in [0.5, 0.6) is 0 Å². The molecular formula is C13H17N3O. The second kappa shape index (κ2) is 5.59. The fourth-order valence-electron chi connectivity index (χ4n) is 1.59. The first kappa shape index (κ1) is 11.8.